The molecular formula is C31H58N4O+2. The highest BCUT2D eigenvalue weighted by atomic mass is 16.3. The summed E-state index contributed by atoms with van der Waals surface area (Å²) < 4.78 is 9.63. The van der Waals surface area contributed by atoms with Crippen molar-refractivity contribution in [2.45, 2.75) is 148 Å². The van der Waals surface area contributed by atoms with E-state index in [2.05, 4.69) is 122 Å². The van der Waals surface area contributed by atoms with Gasteiger partial charge in [-0.05, 0) is 23.7 Å². The van der Waals surface area contributed by atoms with E-state index in [1.165, 1.54) is 34.4 Å². The molecule has 206 valence electrons. The second-order valence-corrected chi connectivity index (χ2v) is 14.8. The molecule has 1 N–H and O–H groups in total. The monoisotopic (exact) mass is 502 g/mol. The van der Waals surface area contributed by atoms with Crippen molar-refractivity contribution >= 4 is 0 Å². The first kappa shape index (κ1) is 30.6. The standard InChI is InChI=1S/C31H58N4O/c1-21-22(2)33(25(5)32(21)17-16-29(7,8)9)19-27(36)20-34-23(3)24(4)35(26(34)6)28(31(13,14)15)18-30(10,11)12/h27-28,36H,16-20H2,1-15H3/q+2. The first-order valence-corrected chi connectivity index (χ1v) is 14.0. The zero-order valence-corrected chi connectivity index (χ0v) is 26.4. The molecule has 5 nitrogen and oxygen atoms in total. The lowest BCUT2D eigenvalue weighted by molar-refractivity contribution is -0.747. The number of rotatable bonds is 8. The molecule has 2 unspecified atom stereocenters. The van der Waals surface area contributed by atoms with E-state index in [-0.39, 0.29) is 10.8 Å². The number of aromatic nitrogens is 4. The minimum Gasteiger partial charge on any atom is -0.385 e. The van der Waals surface area contributed by atoms with Crippen LogP contribution in [0.15, 0.2) is 0 Å². The third-order valence-corrected chi connectivity index (χ3v) is 8.13. The highest BCUT2D eigenvalue weighted by Gasteiger charge is 2.39. The van der Waals surface area contributed by atoms with Crippen molar-refractivity contribution in [3.8, 4) is 0 Å². The number of imidazole rings is 2. The smallest absolute Gasteiger partial charge is 0.254 e. The number of aliphatic hydroxyl groups excluding tert-OH is 1. The number of hydrogen-bond donors (Lipinski definition) is 1. The summed E-state index contributed by atoms with van der Waals surface area (Å²) in [4.78, 5) is 0. The summed E-state index contributed by atoms with van der Waals surface area (Å²) in [5, 5.41) is 11.3. The van der Waals surface area contributed by atoms with Gasteiger partial charge in [0.25, 0.3) is 11.6 Å². The van der Waals surface area contributed by atoms with Crippen molar-refractivity contribution in [1.29, 1.82) is 0 Å². The van der Waals surface area contributed by atoms with E-state index in [1.807, 2.05) is 0 Å². The molecule has 0 aliphatic heterocycles. The van der Waals surface area contributed by atoms with Crippen molar-refractivity contribution in [3.05, 3.63) is 34.4 Å². The van der Waals surface area contributed by atoms with Crippen LogP contribution >= 0.6 is 0 Å². The summed E-state index contributed by atoms with van der Waals surface area (Å²) in [5.74, 6) is 2.48. The highest BCUT2D eigenvalue weighted by molar-refractivity contribution is 5.10. The van der Waals surface area contributed by atoms with Gasteiger partial charge in [-0.1, -0.05) is 62.3 Å². The Bertz CT molecular complexity index is 1050. The van der Waals surface area contributed by atoms with Gasteiger partial charge in [-0.3, -0.25) is 0 Å². The van der Waals surface area contributed by atoms with Crippen LogP contribution in [0.25, 0.3) is 0 Å². The van der Waals surface area contributed by atoms with E-state index in [4.69, 9.17) is 0 Å². The molecule has 2 aromatic heterocycles. The highest BCUT2D eigenvalue weighted by Crippen LogP contribution is 2.41. The maximum atomic E-state index is 11.3. The molecule has 0 aliphatic carbocycles. The summed E-state index contributed by atoms with van der Waals surface area (Å²) in [5.41, 5.74) is 5.81. The molecule has 36 heavy (non-hydrogen) atoms. The largest absolute Gasteiger partial charge is 0.385 e. The summed E-state index contributed by atoms with van der Waals surface area (Å²) in [6.45, 7) is 36.5. The molecule has 0 fully saturated rings. The van der Waals surface area contributed by atoms with Crippen LogP contribution in [0.5, 0.6) is 0 Å². The average molecular weight is 503 g/mol. The van der Waals surface area contributed by atoms with Gasteiger partial charge in [-0.15, -0.1) is 0 Å². The van der Waals surface area contributed by atoms with E-state index in [0.29, 0.717) is 24.5 Å². The summed E-state index contributed by atoms with van der Waals surface area (Å²) >= 11 is 0. The molecule has 5 heteroatoms. The van der Waals surface area contributed by atoms with Crippen LogP contribution in [0, 0.1) is 57.8 Å². The third-order valence-electron chi connectivity index (χ3n) is 8.13. The molecule has 2 atom stereocenters. The lowest BCUT2D eigenvalue weighted by atomic mass is 9.76. The zero-order chi connectivity index (χ0) is 28.0. The van der Waals surface area contributed by atoms with Crippen molar-refractivity contribution < 1.29 is 14.2 Å². The van der Waals surface area contributed by atoms with Crippen molar-refractivity contribution in [3.63, 3.8) is 0 Å². The lowest BCUT2D eigenvalue weighted by Gasteiger charge is -2.34. The topological polar surface area (TPSA) is 37.9 Å². The fraction of sp³-hybridized carbons (Fsp3) is 0.806. The molecule has 0 spiro atoms. The molecular weight excluding hydrogens is 444 g/mol. The second kappa shape index (κ2) is 10.6. The maximum Gasteiger partial charge on any atom is 0.254 e. The first-order valence-electron chi connectivity index (χ1n) is 14.0. The van der Waals surface area contributed by atoms with Gasteiger partial charge in [-0.2, -0.15) is 0 Å². The SMILES string of the molecule is Cc1c(C)[n+](CC(O)C[n+]2c(C)c(C)n(C(CC(C)(C)C)C(C)(C)C)c2C)c(C)n1CCC(C)(C)C. The van der Waals surface area contributed by atoms with Gasteiger partial charge in [0.1, 0.15) is 48.0 Å². The van der Waals surface area contributed by atoms with Gasteiger partial charge in [0.05, 0.1) is 6.54 Å². The summed E-state index contributed by atoms with van der Waals surface area (Å²) in [6, 6.07) is 0.396. The van der Waals surface area contributed by atoms with Gasteiger partial charge in [0, 0.05) is 47.0 Å². The molecule has 2 heterocycles. The first-order chi connectivity index (χ1) is 16.2. The second-order valence-electron chi connectivity index (χ2n) is 14.8. The molecule has 2 rings (SSSR count). The Labute approximate surface area is 222 Å². The molecule has 0 saturated carbocycles. The molecule has 0 aromatic carbocycles. The van der Waals surface area contributed by atoms with Gasteiger partial charge in [-0.25, -0.2) is 18.3 Å². The predicted molar refractivity (Wildman–Crippen MR) is 150 cm³/mol. The van der Waals surface area contributed by atoms with E-state index in [1.54, 1.807) is 0 Å². The van der Waals surface area contributed by atoms with Crippen molar-refractivity contribution in [2.75, 3.05) is 0 Å². The maximum absolute atomic E-state index is 11.3. The van der Waals surface area contributed by atoms with Gasteiger partial charge in [0.15, 0.2) is 0 Å². The van der Waals surface area contributed by atoms with Crippen LogP contribution < -0.4 is 9.13 Å². The zero-order valence-electron chi connectivity index (χ0n) is 26.4. The molecule has 0 saturated heterocycles. The normalized spacial score (nSPS) is 15.0. The molecule has 0 aliphatic rings. The Balaban J connectivity index is 2.36. The quantitative estimate of drug-likeness (QED) is 0.427. The minimum absolute atomic E-state index is 0.141. The van der Waals surface area contributed by atoms with Gasteiger partial charge < -0.3 is 5.11 Å². The fourth-order valence-corrected chi connectivity index (χ4v) is 5.62. The molecule has 0 bridgehead atoms. The predicted octanol–water partition coefficient (Wildman–Crippen LogP) is 6.24. The number of hydrogen-bond acceptors (Lipinski definition) is 1. The van der Waals surface area contributed by atoms with E-state index in [0.717, 1.165) is 19.4 Å². The van der Waals surface area contributed by atoms with E-state index < -0.39 is 6.10 Å². The Morgan fingerprint density at radius 1 is 0.694 bits per heavy atom. The molecule has 0 radical (unpaired) electrons. The summed E-state index contributed by atoms with van der Waals surface area (Å²) in [6.07, 6.45) is 1.79. The van der Waals surface area contributed by atoms with Crippen molar-refractivity contribution in [1.82, 2.24) is 9.13 Å². The summed E-state index contributed by atoms with van der Waals surface area (Å²) in [7, 11) is 0. The average Bonchev–Trinajstić information content (AvgIpc) is 3.02. The Kier molecular flexibility index (Phi) is 9.04. The van der Waals surface area contributed by atoms with Gasteiger partial charge in [0.2, 0.25) is 0 Å². The van der Waals surface area contributed by atoms with Crippen LogP contribution in [0.2, 0.25) is 0 Å². The van der Waals surface area contributed by atoms with E-state index >= 15 is 0 Å². The molecule has 2 aromatic rings. The number of nitrogens with zero attached hydrogens (tertiary/aromatic N) is 4. The van der Waals surface area contributed by atoms with Crippen LogP contribution in [0.3, 0.4) is 0 Å². The van der Waals surface area contributed by atoms with Crippen LogP contribution in [0.1, 0.15) is 116 Å². The molecule has 0 amide bonds. The van der Waals surface area contributed by atoms with Gasteiger partial charge >= 0.3 is 0 Å². The van der Waals surface area contributed by atoms with Crippen LogP contribution in [-0.4, -0.2) is 20.3 Å². The van der Waals surface area contributed by atoms with Crippen molar-refractivity contribution in [2.24, 2.45) is 16.2 Å². The Hall–Kier alpha value is -1.62. The van der Waals surface area contributed by atoms with Crippen LogP contribution in [0.4, 0.5) is 0 Å². The van der Waals surface area contributed by atoms with Crippen LogP contribution in [-0.2, 0) is 19.6 Å². The lowest BCUT2D eigenvalue weighted by Crippen LogP contribution is -2.51. The minimum atomic E-state index is -0.460. The third kappa shape index (κ3) is 7.02. The number of aliphatic hydroxyl groups is 1. The fourth-order valence-electron chi connectivity index (χ4n) is 5.62. The Morgan fingerprint density at radius 2 is 1.17 bits per heavy atom. The van der Waals surface area contributed by atoms with E-state index in [9.17, 15) is 5.11 Å². The Morgan fingerprint density at radius 3 is 1.61 bits per heavy atom.